The maximum atomic E-state index is 11.1. The molecule has 148 valence electrons. The Morgan fingerprint density at radius 1 is 1.03 bits per heavy atom. The van der Waals surface area contributed by atoms with Crippen LogP contribution in [0.1, 0.15) is 0 Å². The summed E-state index contributed by atoms with van der Waals surface area (Å²) in [6.07, 6.45) is 2.24. The molecule has 0 spiro atoms. The Balaban J connectivity index is 1.52. The van der Waals surface area contributed by atoms with Gasteiger partial charge in [-0.3, -0.25) is 0 Å². The zero-order valence-electron chi connectivity index (χ0n) is 15.6. The van der Waals surface area contributed by atoms with Crippen molar-refractivity contribution in [1.82, 2.24) is 24.8 Å². The molecule has 0 radical (unpaired) electrons. The molecule has 0 saturated carbocycles. The van der Waals surface area contributed by atoms with Crippen molar-refractivity contribution in [3.05, 3.63) is 48.9 Å². The van der Waals surface area contributed by atoms with E-state index in [4.69, 9.17) is 10.8 Å². The number of piperazine rings is 1. The molecule has 3 aromatic rings. The van der Waals surface area contributed by atoms with E-state index in [9.17, 15) is 4.79 Å². The SMILES string of the molecule is Nc1cc(Nc2cccc(-c3ccnc(N4CCN(C(=O)O)CC4)c3)n2)ncn1. The third-order valence-corrected chi connectivity index (χ3v) is 4.61. The number of amides is 1. The van der Waals surface area contributed by atoms with E-state index < -0.39 is 6.09 Å². The highest BCUT2D eigenvalue weighted by Crippen LogP contribution is 2.24. The number of rotatable bonds is 4. The molecule has 1 saturated heterocycles. The summed E-state index contributed by atoms with van der Waals surface area (Å²) in [6.45, 7) is 2.13. The number of nitrogen functional groups attached to an aromatic ring is 1. The normalized spacial score (nSPS) is 13.9. The van der Waals surface area contributed by atoms with Crippen molar-refractivity contribution in [1.29, 1.82) is 0 Å². The molecule has 1 amide bonds. The molecule has 10 nitrogen and oxygen atoms in total. The van der Waals surface area contributed by atoms with Crippen molar-refractivity contribution >= 4 is 29.4 Å². The summed E-state index contributed by atoms with van der Waals surface area (Å²) in [4.78, 5) is 31.7. The molecule has 1 aliphatic rings. The summed E-state index contributed by atoms with van der Waals surface area (Å²) in [5, 5.41) is 12.2. The molecule has 4 rings (SSSR count). The highest BCUT2D eigenvalue weighted by Gasteiger charge is 2.21. The van der Waals surface area contributed by atoms with Gasteiger partial charge in [0, 0.05) is 44.0 Å². The quantitative estimate of drug-likeness (QED) is 0.610. The maximum Gasteiger partial charge on any atom is 0.407 e. The summed E-state index contributed by atoms with van der Waals surface area (Å²) in [5.74, 6) is 2.37. The standard InChI is InChI=1S/C19H20N8O2/c20-15-11-17(23-12-22-15)25-16-3-1-2-14(24-16)13-4-5-21-18(10-13)26-6-8-27(9-7-26)19(28)29/h1-5,10-12H,6-9H2,(H,28,29)(H3,20,22,23,24,25). The van der Waals surface area contributed by atoms with Gasteiger partial charge in [-0.1, -0.05) is 6.07 Å². The summed E-state index contributed by atoms with van der Waals surface area (Å²) in [5.41, 5.74) is 7.39. The maximum absolute atomic E-state index is 11.1. The largest absolute Gasteiger partial charge is 0.465 e. The second kappa shape index (κ2) is 7.97. The number of aromatic nitrogens is 4. The first-order chi connectivity index (χ1) is 14.1. The molecule has 0 atom stereocenters. The Labute approximate surface area is 167 Å². The number of carboxylic acid groups (broad SMARTS) is 1. The lowest BCUT2D eigenvalue weighted by Crippen LogP contribution is -2.48. The number of nitrogens with one attached hydrogen (secondary N) is 1. The highest BCUT2D eigenvalue weighted by atomic mass is 16.4. The Morgan fingerprint density at radius 3 is 2.62 bits per heavy atom. The minimum atomic E-state index is -0.884. The van der Waals surface area contributed by atoms with Crippen molar-refractivity contribution in [2.24, 2.45) is 0 Å². The second-order valence-corrected chi connectivity index (χ2v) is 6.52. The fraction of sp³-hybridized carbons (Fsp3) is 0.211. The van der Waals surface area contributed by atoms with Crippen molar-refractivity contribution in [2.75, 3.05) is 42.1 Å². The van der Waals surface area contributed by atoms with E-state index in [1.807, 2.05) is 30.3 Å². The Hall–Kier alpha value is -3.95. The molecule has 4 heterocycles. The summed E-state index contributed by atoms with van der Waals surface area (Å²) >= 11 is 0. The van der Waals surface area contributed by atoms with E-state index in [0.29, 0.717) is 43.6 Å². The van der Waals surface area contributed by atoms with Crippen LogP contribution in [0.3, 0.4) is 0 Å². The van der Waals surface area contributed by atoms with Crippen LogP contribution in [0.2, 0.25) is 0 Å². The first-order valence-corrected chi connectivity index (χ1v) is 9.09. The number of carbonyl (C=O) groups is 1. The monoisotopic (exact) mass is 392 g/mol. The molecule has 4 N–H and O–H groups in total. The lowest BCUT2D eigenvalue weighted by Gasteiger charge is -2.33. The van der Waals surface area contributed by atoms with E-state index in [0.717, 1.165) is 17.1 Å². The molecule has 1 fully saturated rings. The average Bonchev–Trinajstić information content (AvgIpc) is 2.74. The number of pyridine rings is 2. The summed E-state index contributed by atoms with van der Waals surface area (Å²) < 4.78 is 0. The Kier molecular flexibility index (Phi) is 5.06. The van der Waals surface area contributed by atoms with E-state index in [-0.39, 0.29) is 0 Å². The van der Waals surface area contributed by atoms with Gasteiger partial charge in [-0.05, 0) is 24.3 Å². The van der Waals surface area contributed by atoms with Crippen molar-refractivity contribution in [2.45, 2.75) is 0 Å². The zero-order valence-corrected chi connectivity index (χ0v) is 15.6. The number of nitrogens with two attached hydrogens (primary N) is 1. The van der Waals surface area contributed by atoms with Gasteiger partial charge in [0.15, 0.2) is 0 Å². The van der Waals surface area contributed by atoms with Crippen LogP contribution >= 0.6 is 0 Å². The Bertz CT molecular complexity index is 1020. The zero-order chi connectivity index (χ0) is 20.2. The fourth-order valence-electron chi connectivity index (χ4n) is 3.11. The fourth-order valence-corrected chi connectivity index (χ4v) is 3.11. The van der Waals surface area contributed by atoms with Crippen LogP contribution in [0.4, 0.5) is 28.1 Å². The molecule has 0 aromatic carbocycles. The lowest BCUT2D eigenvalue weighted by molar-refractivity contribution is 0.142. The topological polar surface area (TPSA) is 133 Å². The Morgan fingerprint density at radius 2 is 1.86 bits per heavy atom. The number of nitrogens with zero attached hydrogens (tertiary/aromatic N) is 6. The summed E-state index contributed by atoms with van der Waals surface area (Å²) in [7, 11) is 0. The van der Waals surface area contributed by atoms with Gasteiger partial charge in [-0.2, -0.15) is 0 Å². The van der Waals surface area contributed by atoms with E-state index >= 15 is 0 Å². The second-order valence-electron chi connectivity index (χ2n) is 6.52. The van der Waals surface area contributed by atoms with Gasteiger partial charge in [-0.15, -0.1) is 0 Å². The molecule has 0 bridgehead atoms. The van der Waals surface area contributed by atoms with Crippen molar-refractivity contribution in [3.8, 4) is 11.3 Å². The first kappa shape index (κ1) is 18.4. The van der Waals surface area contributed by atoms with Crippen LogP contribution in [0.25, 0.3) is 11.3 Å². The van der Waals surface area contributed by atoms with E-state index in [2.05, 4.69) is 30.2 Å². The molecule has 1 aliphatic heterocycles. The smallest absolute Gasteiger partial charge is 0.407 e. The van der Waals surface area contributed by atoms with Gasteiger partial charge in [-0.25, -0.2) is 24.7 Å². The van der Waals surface area contributed by atoms with Gasteiger partial charge in [0.25, 0.3) is 0 Å². The summed E-state index contributed by atoms with van der Waals surface area (Å²) in [6, 6.07) is 11.2. The van der Waals surface area contributed by atoms with Crippen LogP contribution in [0, 0.1) is 0 Å². The number of anilines is 4. The average molecular weight is 392 g/mol. The predicted molar refractivity (Wildman–Crippen MR) is 109 cm³/mol. The van der Waals surface area contributed by atoms with Gasteiger partial charge < -0.3 is 26.0 Å². The number of hydrogen-bond donors (Lipinski definition) is 3. The van der Waals surface area contributed by atoms with E-state index in [1.165, 1.54) is 11.2 Å². The molecule has 10 heteroatoms. The lowest BCUT2D eigenvalue weighted by atomic mass is 10.1. The van der Waals surface area contributed by atoms with Crippen LogP contribution in [-0.2, 0) is 0 Å². The van der Waals surface area contributed by atoms with Crippen molar-refractivity contribution < 1.29 is 9.90 Å². The highest BCUT2D eigenvalue weighted by molar-refractivity contribution is 5.67. The van der Waals surface area contributed by atoms with Gasteiger partial charge in [0.1, 0.15) is 29.6 Å². The third kappa shape index (κ3) is 4.32. The van der Waals surface area contributed by atoms with Gasteiger partial charge in [0.2, 0.25) is 0 Å². The molecule has 0 aliphatic carbocycles. The van der Waals surface area contributed by atoms with Crippen LogP contribution in [0.5, 0.6) is 0 Å². The molecule has 3 aromatic heterocycles. The van der Waals surface area contributed by atoms with Gasteiger partial charge in [0.05, 0.1) is 5.69 Å². The minimum Gasteiger partial charge on any atom is -0.465 e. The van der Waals surface area contributed by atoms with Crippen LogP contribution in [0.15, 0.2) is 48.9 Å². The molecular weight excluding hydrogens is 372 g/mol. The van der Waals surface area contributed by atoms with Crippen LogP contribution < -0.4 is 16.0 Å². The van der Waals surface area contributed by atoms with E-state index in [1.54, 1.807) is 12.3 Å². The van der Waals surface area contributed by atoms with Crippen LogP contribution in [-0.4, -0.2) is 62.2 Å². The number of hydrogen-bond acceptors (Lipinski definition) is 8. The molecule has 29 heavy (non-hydrogen) atoms. The molecular formula is C19H20N8O2. The molecule has 0 unspecified atom stereocenters. The minimum absolute atomic E-state index is 0.375. The predicted octanol–water partition coefficient (Wildman–Crippen LogP) is 2.06. The first-order valence-electron chi connectivity index (χ1n) is 9.09. The third-order valence-electron chi connectivity index (χ3n) is 4.61. The van der Waals surface area contributed by atoms with Gasteiger partial charge >= 0.3 is 6.09 Å². The van der Waals surface area contributed by atoms with Crippen molar-refractivity contribution in [3.63, 3.8) is 0 Å².